The van der Waals surface area contributed by atoms with E-state index in [1.807, 2.05) is 0 Å². The third-order valence-corrected chi connectivity index (χ3v) is 2.65. The van der Waals surface area contributed by atoms with Crippen molar-refractivity contribution in [2.24, 2.45) is 0 Å². The first-order valence-corrected chi connectivity index (χ1v) is 6.64. The standard InChI is InChI=1S/C14H26O2/c1-2-3-4-5-6-7-8-9-10-11-12-13-14(15)16/h9-10H,2-8,11-13H2,1H3,(H,15,16)/b10-9+. The molecule has 0 atom stereocenters. The van der Waals surface area contributed by atoms with Gasteiger partial charge in [0.2, 0.25) is 0 Å². The van der Waals surface area contributed by atoms with Gasteiger partial charge in [0, 0.05) is 6.42 Å². The monoisotopic (exact) mass is 226 g/mol. The Hall–Kier alpha value is -0.790. The van der Waals surface area contributed by atoms with Crippen molar-refractivity contribution in [3.05, 3.63) is 12.2 Å². The second kappa shape index (κ2) is 12.3. The largest absolute Gasteiger partial charge is 0.481 e. The molecule has 1 N–H and O–H groups in total. The summed E-state index contributed by atoms with van der Waals surface area (Å²) >= 11 is 0. The highest BCUT2D eigenvalue weighted by Crippen LogP contribution is 2.07. The quantitative estimate of drug-likeness (QED) is 0.414. The van der Waals surface area contributed by atoms with Gasteiger partial charge in [-0.05, 0) is 25.7 Å². The van der Waals surface area contributed by atoms with Crippen molar-refractivity contribution in [2.75, 3.05) is 0 Å². The lowest BCUT2D eigenvalue weighted by Crippen LogP contribution is -1.92. The van der Waals surface area contributed by atoms with Crippen LogP contribution in [0.15, 0.2) is 12.2 Å². The van der Waals surface area contributed by atoms with Crippen LogP contribution in [0.5, 0.6) is 0 Å². The molecule has 0 rings (SSSR count). The van der Waals surface area contributed by atoms with E-state index in [0.717, 1.165) is 19.3 Å². The number of hydrogen-bond acceptors (Lipinski definition) is 1. The fourth-order valence-electron chi connectivity index (χ4n) is 1.65. The van der Waals surface area contributed by atoms with Gasteiger partial charge in [-0.1, -0.05) is 51.2 Å². The molecule has 0 aromatic heterocycles. The molecule has 0 heterocycles. The zero-order valence-electron chi connectivity index (χ0n) is 10.6. The number of rotatable bonds is 11. The number of unbranched alkanes of at least 4 members (excludes halogenated alkanes) is 7. The minimum Gasteiger partial charge on any atom is -0.481 e. The summed E-state index contributed by atoms with van der Waals surface area (Å²) < 4.78 is 0. The topological polar surface area (TPSA) is 37.3 Å². The molecule has 0 aliphatic rings. The summed E-state index contributed by atoms with van der Waals surface area (Å²) in [7, 11) is 0. The number of allylic oxidation sites excluding steroid dienone is 2. The van der Waals surface area contributed by atoms with Crippen molar-refractivity contribution in [1.82, 2.24) is 0 Å². The molecule has 0 amide bonds. The summed E-state index contributed by atoms with van der Waals surface area (Å²) in [5.41, 5.74) is 0. The third kappa shape index (κ3) is 13.2. The second-order valence-corrected chi connectivity index (χ2v) is 4.31. The van der Waals surface area contributed by atoms with E-state index in [2.05, 4.69) is 19.1 Å². The van der Waals surface area contributed by atoms with E-state index in [9.17, 15) is 4.79 Å². The Kier molecular flexibility index (Phi) is 11.7. The van der Waals surface area contributed by atoms with Crippen LogP contribution in [0.2, 0.25) is 0 Å². The molecule has 0 radical (unpaired) electrons. The predicted molar refractivity (Wildman–Crippen MR) is 68.6 cm³/mol. The highest BCUT2D eigenvalue weighted by molar-refractivity contribution is 5.66. The molecule has 0 bridgehead atoms. The molecule has 94 valence electrons. The van der Waals surface area contributed by atoms with Crippen molar-refractivity contribution in [1.29, 1.82) is 0 Å². The molecule has 2 heteroatoms. The van der Waals surface area contributed by atoms with E-state index in [1.54, 1.807) is 0 Å². The Balaban J connectivity index is 3.06. The van der Waals surface area contributed by atoms with E-state index < -0.39 is 5.97 Å². The molecule has 16 heavy (non-hydrogen) atoms. The van der Waals surface area contributed by atoms with Crippen LogP contribution in [-0.2, 0) is 4.79 Å². The van der Waals surface area contributed by atoms with E-state index in [-0.39, 0.29) is 0 Å². The lowest BCUT2D eigenvalue weighted by molar-refractivity contribution is -0.137. The van der Waals surface area contributed by atoms with E-state index in [0.29, 0.717) is 6.42 Å². The Labute approximate surface area is 99.7 Å². The normalized spacial score (nSPS) is 11.1. The Morgan fingerprint density at radius 2 is 1.50 bits per heavy atom. The lowest BCUT2D eigenvalue weighted by atomic mass is 10.1. The highest BCUT2D eigenvalue weighted by atomic mass is 16.4. The molecule has 0 aliphatic heterocycles. The van der Waals surface area contributed by atoms with Gasteiger partial charge in [0.25, 0.3) is 0 Å². The number of carboxylic acids is 1. The van der Waals surface area contributed by atoms with Gasteiger partial charge in [0.15, 0.2) is 0 Å². The number of hydrogen-bond donors (Lipinski definition) is 1. The minimum absolute atomic E-state index is 0.293. The van der Waals surface area contributed by atoms with Crippen LogP contribution in [0, 0.1) is 0 Å². The maximum atomic E-state index is 10.2. The number of aliphatic carboxylic acids is 1. The molecule has 0 unspecified atom stereocenters. The Morgan fingerprint density at radius 1 is 0.938 bits per heavy atom. The Bertz CT molecular complexity index is 185. The molecule has 0 spiro atoms. The number of carbonyl (C=O) groups is 1. The van der Waals surface area contributed by atoms with Crippen molar-refractivity contribution < 1.29 is 9.90 Å². The van der Waals surface area contributed by atoms with Gasteiger partial charge in [-0.2, -0.15) is 0 Å². The van der Waals surface area contributed by atoms with Gasteiger partial charge < -0.3 is 5.11 Å². The van der Waals surface area contributed by atoms with Crippen LogP contribution >= 0.6 is 0 Å². The molecule has 2 nitrogen and oxygen atoms in total. The van der Waals surface area contributed by atoms with Gasteiger partial charge in [-0.15, -0.1) is 0 Å². The van der Waals surface area contributed by atoms with Gasteiger partial charge in [0.1, 0.15) is 0 Å². The van der Waals surface area contributed by atoms with E-state index in [1.165, 1.54) is 38.5 Å². The van der Waals surface area contributed by atoms with Gasteiger partial charge in [-0.25, -0.2) is 0 Å². The third-order valence-electron chi connectivity index (χ3n) is 2.65. The van der Waals surface area contributed by atoms with Crippen LogP contribution in [-0.4, -0.2) is 11.1 Å². The maximum Gasteiger partial charge on any atom is 0.303 e. The SMILES string of the molecule is CCCCCCCC/C=C/CCCC(=O)O. The summed E-state index contributed by atoms with van der Waals surface area (Å²) in [5.74, 6) is -0.690. The fourth-order valence-corrected chi connectivity index (χ4v) is 1.65. The van der Waals surface area contributed by atoms with Gasteiger partial charge >= 0.3 is 5.97 Å². The van der Waals surface area contributed by atoms with E-state index >= 15 is 0 Å². The van der Waals surface area contributed by atoms with Crippen LogP contribution in [0.4, 0.5) is 0 Å². The van der Waals surface area contributed by atoms with Gasteiger partial charge in [-0.3, -0.25) is 4.79 Å². The molecule has 0 aliphatic carbocycles. The maximum absolute atomic E-state index is 10.2. The molecule has 0 aromatic rings. The Morgan fingerprint density at radius 3 is 2.12 bits per heavy atom. The van der Waals surface area contributed by atoms with Crippen molar-refractivity contribution in [2.45, 2.75) is 71.1 Å². The molecular formula is C14H26O2. The molecule has 0 fully saturated rings. The van der Waals surface area contributed by atoms with Crippen molar-refractivity contribution >= 4 is 5.97 Å². The summed E-state index contributed by atoms with van der Waals surface area (Å²) in [6.45, 7) is 2.24. The number of carboxylic acid groups (broad SMARTS) is 1. The molecule has 0 saturated heterocycles. The second-order valence-electron chi connectivity index (χ2n) is 4.31. The van der Waals surface area contributed by atoms with E-state index in [4.69, 9.17) is 5.11 Å². The molecule has 0 saturated carbocycles. The van der Waals surface area contributed by atoms with Crippen LogP contribution < -0.4 is 0 Å². The average molecular weight is 226 g/mol. The van der Waals surface area contributed by atoms with Crippen LogP contribution in [0.1, 0.15) is 71.1 Å². The average Bonchev–Trinajstić information content (AvgIpc) is 2.25. The zero-order chi connectivity index (χ0) is 12.1. The van der Waals surface area contributed by atoms with Gasteiger partial charge in [0.05, 0.1) is 0 Å². The van der Waals surface area contributed by atoms with Crippen LogP contribution in [0.25, 0.3) is 0 Å². The predicted octanol–water partition coefficient (Wildman–Crippen LogP) is 4.55. The summed E-state index contributed by atoms with van der Waals surface area (Å²) in [6, 6.07) is 0. The first kappa shape index (κ1) is 15.2. The van der Waals surface area contributed by atoms with Crippen molar-refractivity contribution in [3.63, 3.8) is 0 Å². The van der Waals surface area contributed by atoms with Crippen molar-refractivity contribution in [3.8, 4) is 0 Å². The summed E-state index contributed by atoms with van der Waals surface area (Å²) in [6.07, 6.45) is 15.5. The molecular weight excluding hydrogens is 200 g/mol. The summed E-state index contributed by atoms with van der Waals surface area (Å²) in [5, 5.41) is 8.43. The first-order chi connectivity index (χ1) is 7.77. The smallest absolute Gasteiger partial charge is 0.303 e. The fraction of sp³-hybridized carbons (Fsp3) is 0.786. The highest BCUT2D eigenvalue weighted by Gasteiger charge is 1.93. The zero-order valence-corrected chi connectivity index (χ0v) is 10.6. The summed E-state index contributed by atoms with van der Waals surface area (Å²) in [4.78, 5) is 10.2. The minimum atomic E-state index is -0.690. The molecule has 0 aromatic carbocycles. The lowest BCUT2D eigenvalue weighted by Gasteiger charge is -1.97. The first-order valence-electron chi connectivity index (χ1n) is 6.64. The van der Waals surface area contributed by atoms with Crippen LogP contribution in [0.3, 0.4) is 0 Å².